The second-order valence-corrected chi connectivity index (χ2v) is 5.76. The predicted molar refractivity (Wildman–Crippen MR) is 75.7 cm³/mol. The van der Waals surface area contributed by atoms with Crippen molar-refractivity contribution in [2.75, 3.05) is 0 Å². The minimum Gasteiger partial charge on any atom is -0.481 e. The number of hydrogen-bond donors (Lipinski definition) is 2. The third kappa shape index (κ3) is 1.93. The van der Waals surface area contributed by atoms with Gasteiger partial charge >= 0.3 is 5.97 Å². The van der Waals surface area contributed by atoms with E-state index < -0.39 is 5.97 Å². The zero-order valence-electron chi connectivity index (χ0n) is 11.4. The molecule has 1 atom stereocenters. The van der Waals surface area contributed by atoms with Crippen LogP contribution in [0.4, 0.5) is 0 Å². The van der Waals surface area contributed by atoms with E-state index >= 15 is 0 Å². The summed E-state index contributed by atoms with van der Waals surface area (Å²) < 4.78 is 0. The van der Waals surface area contributed by atoms with Gasteiger partial charge in [-0.2, -0.15) is 0 Å². The van der Waals surface area contributed by atoms with Crippen molar-refractivity contribution in [2.24, 2.45) is 0 Å². The van der Waals surface area contributed by atoms with Gasteiger partial charge in [-0.15, -0.1) is 0 Å². The summed E-state index contributed by atoms with van der Waals surface area (Å²) in [7, 11) is 0. The van der Waals surface area contributed by atoms with Crippen LogP contribution in [0.2, 0.25) is 0 Å². The maximum Gasteiger partial charge on any atom is 0.311 e. The molecule has 2 N–H and O–H groups in total. The molecule has 0 spiro atoms. The van der Waals surface area contributed by atoms with E-state index in [1.165, 1.54) is 5.56 Å². The van der Waals surface area contributed by atoms with Crippen LogP contribution in [0.15, 0.2) is 18.2 Å². The van der Waals surface area contributed by atoms with Crippen LogP contribution in [0.1, 0.15) is 55.3 Å². The van der Waals surface area contributed by atoms with Crippen molar-refractivity contribution in [1.29, 1.82) is 0 Å². The number of aliphatic carboxylic acids is 1. The number of nitrogens with one attached hydrogen (secondary N) is 1. The highest BCUT2D eigenvalue weighted by atomic mass is 16.4. The minimum absolute atomic E-state index is 0.347. The van der Waals surface area contributed by atoms with E-state index in [0.29, 0.717) is 5.92 Å². The molecule has 2 aromatic rings. The number of carbonyl (C=O) groups is 1. The lowest BCUT2D eigenvalue weighted by Gasteiger charge is -2.19. The summed E-state index contributed by atoms with van der Waals surface area (Å²) in [6.07, 6.45) is 2.67. The van der Waals surface area contributed by atoms with Gasteiger partial charge in [0.2, 0.25) is 0 Å². The molecule has 0 saturated carbocycles. The highest BCUT2D eigenvalue weighted by molar-refractivity contribution is 5.91. The first-order chi connectivity index (χ1) is 9.08. The molecule has 3 rings (SSSR count). The molecular weight excluding hydrogens is 238 g/mol. The highest BCUT2D eigenvalue weighted by Gasteiger charge is 2.29. The van der Waals surface area contributed by atoms with Crippen molar-refractivity contribution in [3.63, 3.8) is 0 Å². The Bertz CT molecular complexity index is 639. The lowest BCUT2D eigenvalue weighted by molar-refractivity contribution is -0.139. The van der Waals surface area contributed by atoms with Gasteiger partial charge < -0.3 is 10.1 Å². The van der Waals surface area contributed by atoms with E-state index in [2.05, 4.69) is 37.0 Å². The first kappa shape index (κ1) is 12.3. The van der Waals surface area contributed by atoms with E-state index in [1.807, 2.05) is 0 Å². The fraction of sp³-hybridized carbons (Fsp3) is 0.438. The van der Waals surface area contributed by atoms with E-state index in [9.17, 15) is 9.90 Å². The van der Waals surface area contributed by atoms with Crippen molar-refractivity contribution in [1.82, 2.24) is 4.98 Å². The molecule has 0 bridgehead atoms. The Morgan fingerprint density at radius 1 is 1.42 bits per heavy atom. The van der Waals surface area contributed by atoms with Crippen LogP contribution in [0.25, 0.3) is 10.9 Å². The smallest absolute Gasteiger partial charge is 0.311 e. The average molecular weight is 257 g/mol. The highest BCUT2D eigenvalue weighted by Crippen LogP contribution is 2.38. The van der Waals surface area contributed by atoms with Crippen LogP contribution in [-0.2, 0) is 11.2 Å². The average Bonchev–Trinajstić information content (AvgIpc) is 2.75. The molecule has 1 unspecified atom stereocenters. The molecule has 3 nitrogen and oxygen atoms in total. The van der Waals surface area contributed by atoms with Gasteiger partial charge in [-0.25, -0.2) is 0 Å². The fourth-order valence-corrected chi connectivity index (χ4v) is 3.11. The molecule has 0 amide bonds. The quantitative estimate of drug-likeness (QED) is 0.859. The summed E-state index contributed by atoms with van der Waals surface area (Å²) in [6.45, 7) is 4.32. The number of aromatic amines is 1. The summed E-state index contributed by atoms with van der Waals surface area (Å²) >= 11 is 0. The molecule has 0 fully saturated rings. The summed E-state index contributed by atoms with van der Waals surface area (Å²) in [5, 5.41) is 10.5. The Balaban J connectivity index is 2.23. The molecule has 1 heterocycles. The van der Waals surface area contributed by atoms with Gasteiger partial charge in [0.25, 0.3) is 0 Å². The standard InChI is InChI=1S/C16H19NO2/c1-9(2)10-6-7-13-12(8-10)15-11(16(18)19)4-3-5-14(15)17-13/h6-9,11,17H,3-5H2,1-2H3,(H,18,19). The Morgan fingerprint density at radius 3 is 2.89 bits per heavy atom. The third-order valence-corrected chi connectivity index (χ3v) is 4.18. The summed E-state index contributed by atoms with van der Waals surface area (Å²) in [4.78, 5) is 14.9. The molecule has 1 aromatic carbocycles. The van der Waals surface area contributed by atoms with Crippen LogP contribution in [0.5, 0.6) is 0 Å². The predicted octanol–water partition coefficient (Wildman–Crippen LogP) is 3.80. The number of fused-ring (bicyclic) bond motifs is 3. The molecule has 1 aliphatic carbocycles. The number of aromatic nitrogens is 1. The molecular formula is C16H19NO2. The van der Waals surface area contributed by atoms with Crippen LogP contribution < -0.4 is 0 Å². The molecule has 1 aromatic heterocycles. The van der Waals surface area contributed by atoms with Crippen LogP contribution in [0.3, 0.4) is 0 Å². The second kappa shape index (κ2) is 4.41. The molecule has 0 saturated heterocycles. The number of hydrogen-bond acceptors (Lipinski definition) is 1. The maximum absolute atomic E-state index is 11.5. The second-order valence-electron chi connectivity index (χ2n) is 5.76. The van der Waals surface area contributed by atoms with Gasteiger partial charge in [0, 0.05) is 16.6 Å². The molecule has 100 valence electrons. The van der Waals surface area contributed by atoms with Gasteiger partial charge in [-0.05, 0) is 48.4 Å². The fourth-order valence-electron chi connectivity index (χ4n) is 3.11. The summed E-state index contributed by atoms with van der Waals surface area (Å²) in [5.41, 5.74) is 4.48. The maximum atomic E-state index is 11.5. The third-order valence-electron chi connectivity index (χ3n) is 4.18. The van der Waals surface area contributed by atoms with Gasteiger partial charge in [0.15, 0.2) is 0 Å². The van der Waals surface area contributed by atoms with E-state index in [-0.39, 0.29) is 5.92 Å². The summed E-state index contributed by atoms with van der Waals surface area (Å²) in [5.74, 6) is -0.585. The van der Waals surface area contributed by atoms with Crippen LogP contribution in [0, 0.1) is 0 Å². The number of aryl methyl sites for hydroxylation is 1. The first-order valence-corrected chi connectivity index (χ1v) is 6.95. The minimum atomic E-state index is -0.697. The van der Waals surface area contributed by atoms with Crippen LogP contribution >= 0.6 is 0 Å². The number of carboxylic acids is 1. The zero-order valence-corrected chi connectivity index (χ0v) is 11.4. The Kier molecular flexibility index (Phi) is 2.85. The van der Waals surface area contributed by atoms with Crippen molar-refractivity contribution < 1.29 is 9.90 Å². The normalized spacial score (nSPS) is 18.8. The van der Waals surface area contributed by atoms with Gasteiger partial charge in [0.1, 0.15) is 0 Å². The van der Waals surface area contributed by atoms with Crippen molar-refractivity contribution >= 4 is 16.9 Å². The number of rotatable bonds is 2. The topological polar surface area (TPSA) is 53.1 Å². The lowest BCUT2D eigenvalue weighted by Crippen LogP contribution is -2.17. The Morgan fingerprint density at radius 2 is 2.21 bits per heavy atom. The van der Waals surface area contributed by atoms with Crippen molar-refractivity contribution in [3.05, 3.63) is 35.0 Å². The zero-order chi connectivity index (χ0) is 13.6. The first-order valence-electron chi connectivity index (χ1n) is 6.95. The van der Waals surface area contributed by atoms with E-state index in [1.54, 1.807) is 0 Å². The molecule has 1 aliphatic rings. The number of benzene rings is 1. The van der Waals surface area contributed by atoms with E-state index in [0.717, 1.165) is 41.4 Å². The van der Waals surface area contributed by atoms with Crippen molar-refractivity contribution in [3.8, 4) is 0 Å². The van der Waals surface area contributed by atoms with E-state index in [4.69, 9.17) is 0 Å². The van der Waals surface area contributed by atoms with Gasteiger partial charge in [0.05, 0.1) is 5.92 Å². The molecule has 19 heavy (non-hydrogen) atoms. The molecule has 0 radical (unpaired) electrons. The van der Waals surface area contributed by atoms with Crippen LogP contribution in [-0.4, -0.2) is 16.1 Å². The van der Waals surface area contributed by atoms with Gasteiger partial charge in [-0.3, -0.25) is 4.79 Å². The number of H-pyrrole nitrogens is 1. The van der Waals surface area contributed by atoms with Crippen molar-refractivity contribution in [2.45, 2.75) is 44.9 Å². The monoisotopic (exact) mass is 257 g/mol. The molecule has 0 aliphatic heterocycles. The Hall–Kier alpha value is -1.77. The largest absolute Gasteiger partial charge is 0.481 e. The Labute approximate surface area is 112 Å². The number of carboxylic acid groups (broad SMARTS) is 1. The molecule has 3 heteroatoms. The van der Waals surface area contributed by atoms with Gasteiger partial charge in [-0.1, -0.05) is 19.9 Å². The lowest BCUT2D eigenvalue weighted by atomic mass is 9.84. The summed E-state index contributed by atoms with van der Waals surface area (Å²) in [6, 6.07) is 6.38. The SMILES string of the molecule is CC(C)c1ccc2[nH]c3c(c2c1)C(C(=O)O)CCC3.